The van der Waals surface area contributed by atoms with Crippen LogP contribution in [0, 0.1) is 6.92 Å². The van der Waals surface area contributed by atoms with Gasteiger partial charge in [0.15, 0.2) is 0 Å². The molecule has 0 aromatic heterocycles. The van der Waals surface area contributed by atoms with Gasteiger partial charge in [-0.3, -0.25) is 0 Å². The van der Waals surface area contributed by atoms with Crippen LogP contribution in [0.2, 0.25) is 0 Å². The highest BCUT2D eigenvalue weighted by Gasteiger charge is 2.32. The molecule has 0 bridgehead atoms. The summed E-state index contributed by atoms with van der Waals surface area (Å²) in [6, 6.07) is 7.09. The van der Waals surface area contributed by atoms with Crippen molar-refractivity contribution in [2.75, 3.05) is 13.1 Å². The third-order valence-electron chi connectivity index (χ3n) is 3.10. The molecule has 0 radical (unpaired) electrons. The zero-order valence-electron chi connectivity index (χ0n) is 11.0. The van der Waals surface area contributed by atoms with Gasteiger partial charge in [-0.1, -0.05) is 18.2 Å². The van der Waals surface area contributed by atoms with E-state index in [1.807, 2.05) is 32.9 Å². The normalized spacial score (nSPS) is 26.2. The summed E-state index contributed by atoms with van der Waals surface area (Å²) in [7, 11) is -3.41. The van der Waals surface area contributed by atoms with E-state index in [0.717, 1.165) is 5.56 Å². The Balaban J connectivity index is 2.34. The number of morpholine rings is 1. The van der Waals surface area contributed by atoms with E-state index in [9.17, 15) is 8.42 Å². The lowest BCUT2D eigenvalue weighted by molar-refractivity contribution is -0.0440. The number of sulfonamides is 1. The van der Waals surface area contributed by atoms with Crippen LogP contribution in [0.15, 0.2) is 29.2 Å². The number of hydrogen-bond donors (Lipinski definition) is 0. The van der Waals surface area contributed by atoms with Gasteiger partial charge in [-0.05, 0) is 32.4 Å². The minimum absolute atomic E-state index is 0.0625. The second kappa shape index (κ2) is 4.99. The first-order valence-electron chi connectivity index (χ1n) is 6.12. The molecule has 1 saturated heterocycles. The van der Waals surface area contributed by atoms with Crippen molar-refractivity contribution in [3.63, 3.8) is 0 Å². The second-order valence-electron chi connectivity index (χ2n) is 4.84. The van der Waals surface area contributed by atoms with Gasteiger partial charge in [0.05, 0.1) is 17.1 Å². The lowest BCUT2D eigenvalue weighted by Gasteiger charge is -2.34. The summed E-state index contributed by atoms with van der Waals surface area (Å²) in [5.41, 5.74) is 0.782. The Bertz CT molecular complexity index is 517. The lowest BCUT2D eigenvalue weighted by Crippen LogP contribution is -2.48. The molecule has 0 aliphatic carbocycles. The molecule has 0 N–H and O–H groups in total. The van der Waals surface area contributed by atoms with Crippen molar-refractivity contribution in [1.82, 2.24) is 4.31 Å². The number of ether oxygens (including phenoxy) is 1. The van der Waals surface area contributed by atoms with E-state index in [2.05, 4.69) is 0 Å². The molecular formula is C13H19NO3S. The van der Waals surface area contributed by atoms with Gasteiger partial charge in [-0.25, -0.2) is 8.42 Å². The van der Waals surface area contributed by atoms with Gasteiger partial charge in [0.25, 0.3) is 0 Å². The summed E-state index contributed by atoms with van der Waals surface area (Å²) in [5.74, 6) is 0. The minimum atomic E-state index is -3.41. The van der Waals surface area contributed by atoms with Gasteiger partial charge >= 0.3 is 0 Å². The molecule has 4 nitrogen and oxygen atoms in total. The highest BCUT2D eigenvalue weighted by Crippen LogP contribution is 2.23. The van der Waals surface area contributed by atoms with Gasteiger partial charge in [0, 0.05) is 13.1 Å². The van der Waals surface area contributed by atoms with Gasteiger partial charge in [-0.2, -0.15) is 4.31 Å². The average Bonchev–Trinajstić information content (AvgIpc) is 2.28. The van der Waals surface area contributed by atoms with Crippen LogP contribution in [0.1, 0.15) is 19.4 Å². The molecule has 5 heteroatoms. The molecule has 0 saturated carbocycles. The highest BCUT2D eigenvalue weighted by atomic mass is 32.2. The molecule has 1 heterocycles. The second-order valence-corrected chi connectivity index (χ2v) is 6.75. The standard InChI is InChI=1S/C13H19NO3S/c1-10-6-4-5-7-13(10)18(15,16)14-8-11(2)17-12(3)9-14/h4-7,11-12H,8-9H2,1-3H3. The Kier molecular flexibility index (Phi) is 3.75. The van der Waals surface area contributed by atoms with E-state index >= 15 is 0 Å². The Morgan fingerprint density at radius 2 is 1.72 bits per heavy atom. The largest absolute Gasteiger partial charge is 0.373 e. The number of rotatable bonds is 2. The van der Waals surface area contributed by atoms with Gasteiger partial charge in [0.1, 0.15) is 0 Å². The first kappa shape index (κ1) is 13.5. The van der Waals surface area contributed by atoms with E-state index in [1.165, 1.54) is 4.31 Å². The summed E-state index contributed by atoms with van der Waals surface area (Å²) < 4.78 is 32.2. The van der Waals surface area contributed by atoms with Gasteiger partial charge in [-0.15, -0.1) is 0 Å². The SMILES string of the molecule is Cc1ccccc1S(=O)(=O)N1CC(C)OC(C)C1. The number of benzene rings is 1. The molecule has 2 atom stereocenters. The van der Waals surface area contributed by atoms with Crippen LogP contribution in [-0.2, 0) is 14.8 Å². The van der Waals surface area contributed by atoms with Gasteiger partial charge in [0.2, 0.25) is 10.0 Å². The maximum Gasteiger partial charge on any atom is 0.243 e. The fourth-order valence-corrected chi connectivity index (χ4v) is 4.13. The van der Waals surface area contributed by atoms with Crippen LogP contribution < -0.4 is 0 Å². The number of aryl methyl sites for hydroxylation is 1. The van der Waals surface area contributed by atoms with Crippen molar-refractivity contribution in [2.45, 2.75) is 37.9 Å². The van der Waals surface area contributed by atoms with Crippen molar-refractivity contribution < 1.29 is 13.2 Å². The fraction of sp³-hybridized carbons (Fsp3) is 0.538. The molecule has 2 rings (SSSR count). The minimum Gasteiger partial charge on any atom is -0.373 e. The zero-order valence-corrected chi connectivity index (χ0v) is 11.8. The Morgan fingerprint density at radius 1 is 1.17 bits per heavy atom. The molecule has 0 spiro atoms. The van der Waals surface area contributed by atoms with E-state index in [0.29, 0.717) is 18.0 Å². The molecule has 1 aromatic carbocycles. The first-order valence-corrected chi connectivity index (χ1v) is 7.56. The van der Waals surface area contributed by atoms with Crippen molar-refractivity contribution in [2.24, 2.45) is 0 Å². The average molecular weight is 269 g/mol. The third-order valence-corrected chi connectivity index (χ3v) is 5.09. The molecule has 1 aliphatic rings. The van der Waals surface area contributed by atoms with E-state index in [4.69, 9.17) is 4.74 Å². The molecular weight excluding hydrogens is 250 g/mol. The smallest absolute Gasteiger partial charge is 0.243 e. The third kappa shape index (κ3) is 2.58. The highest BCUT2D eigenvalue weighted by molar-refractivity contribution is 7.89. The van der Waals surface area contributed by atoms with Crippen LogP contribution >= 0.6 is 0 Å². The number of hydrogen-bond acceptors (Lipinski definition) is 3. The molecule has 18 heavy (non-hydrogen) atoms. The maximum absolute atomic E-state index is 12.6. The molecule has 2 unspecified atom stereocenters. The molecule has 100 valence electrons. The quantitative estimate of drug-likeness (QED) is 0.822. The topological polar surface area (TPSA) is 46.6 Å². The summed E-state index contributed by atoms with van der Waals surface area (Å²) in [5, 5.41) is 0. The van der Waals surface area contributed by atoms with Crippen LogP contribution in [-0.4, -0.2) is 38.0 Å². The molecule has 1 aromatic rings. The fourth-order valence-electron chi connectivity index (χ4n) is 2.31. The summed E-state index contributed by atoms with van der Waals surface area (Å²) >= 11 is 0. The molecule has 1 aliphatic heterocycles. The number of nitrogens with zero attached hydrogens (tertiary/aromatic N) is 1. The van der Waals surface area contributed by atoms with E-state index in [1.54, 1.807) is 12.1 Å². The van der Waals surface area contributed by atoms with Crippen LogP contribution in [0.5, 0.6) is 0 Å². The monoisotopic (exact) mass is 269 g/mol. The predicted molar refractivity (Wildman–Crippen MR) is 69.9 cm³/mol. The van der Waals surface area contributed by atoms with Crippen molar-refractivity contribution in [3.8, 4) is 0 Å². The predicted octanol–water partition coefficient (Wildman–Crippen LogP) is 1.79. The lowest BCUT2D eigenvalue weighted by atomic mass is 10.2. The Labute approximate surface area is 109 Å². The van der Waals surface area contributed by atoms with Crippen molar-refractivity contribution >= 4 is 10.0 Å². The van der Waals surface area contributed by atoms with Crippen molar-refractivity contribution in [3.05, 3.63) is 29.8 Å². The summed E-state index contributed by atoms with van der Waals surface area (Å²) in [6.45, 7) is 6.45. The van der Waals surface area contributed by atoms with Crippen LogP contribution in [0.4, 0.5) is 0 Å². The molecule has 1 fully saturated rings. The van der Waals surface area contributed by atoms with Crippen molar-refractivity contribution in [1.29, 1.82) is 0 Å². The maximum atomic E-state index is 12.6. The van der Waals surface area contributed by atoms with Gasteiger partial charge < -0.3 is 4.74 Å². The van der Waals surface area contributed by atoms with Crippen LogP contribution in [0.25, 0.3) is 0 Å². The van der Waals surface area contributed by atoms with E-state index in [-0.39, 0.29) is 12.2 Å². The first-order chi connectivity index (χ1) is 8.41. The summed E-state index contributed by atoms with van der Waals surface area (Å²) in [4.78, 5) is 0.395. The Morgan fingerprint density at radius 3 is 2.28 bits per heavy atom. The van der Waals surface area contributed by atoms with E-state index < -0.39 is 10.0 Å². The van der Waals surface area contributed by atoms with Crippen LogP contribution in [0.3, 0.4) is 0 Å². The Hall–Kier alpha value is -0.910. The zero-order chi connectivity index (χ0) is 13.3. The summed E-state index contributed by atoms with van der Waals surface area (Å²) in [6.07, 6.45) is -0.125. The molecule has 0 amide bonds.